The van der Waals surface area contributed by atoms with Gasteiger partial charge >= 0.3 is 0 Å². The van der Waals surface area contributed by atoms with Gasteiger partial charge in [0.1, 0.15) is 5.69 Å². The zero-order valence-corrected chi connectivity index (χ0v) is 10.2. The normalized spacial score (nSPS) is 32.5. The minimum atomic E-state index is 0.0253. The number of carbonyl (C=O) groups excluding carboxylic acids is 1. The first kappa shape index (κ1) is 9.65. The highest BCUT2D eigenvalue weighted by atomic mass is 127. The highest BCUT2D eigenvalue weighted by Crippen LogP contribution is 2.41. The summed E-state index contributed by atoms with van der Waals surface area (Å²) >= 11 is 2.19. The largest absolute Gasteiger partial charge is 0.356 e. The molecule has 0 bridgehead atoms. The Morgan fingerprint density at radius 2 is 2.20 bits per heavy atom. The predicted octanol–water partition coefficient (Wildman–Crippen LogP) is 0.567. The third-order valence-electron chi connectivity index (χ3n) is 3.28. The van der Waals surface area contributed by atoms with E-state index in [0.29, 0.717) is 23.6 Å². The molecule has 3 rings (SSSR count). The van der Waals surface area contributed by atoms with Crippen LogP contribution in [0.1, 0.15) is 10.5 Å². The van der Waals surface area contributed by atoms with Gasteiger partial charge < -0.3 is 15.6 Å². The van der Waals surface area contributed by atoms with Crippen molar-refractivity contribution in [1.82, 2.24) is 15.6 Å². The van der Waals surface area contributed by atoms with Gasteiger partial charge in [-0.15, -0.1) is 0 Å². The van der Waals surface area contributed by atoms with E-state index in [1.165, 1.54) is 0 Å². The van der Waals surface area contributed by atoms with Crippen molar-refractivity contribution in [3.8, 4) is 0 Å². The van der Waals surface area contributed by atoms with E-state index in [0.717, 1.165) is 16.7 Å². The fourth-order valence-electron chi connectivity index (χ4n) is 2.36. The molecule has 2 atom stereocenters. The molecule has 1 aliphatic heterocycles. The second-order valence-electron chi connectivity index (χ2n) is 4.22. The van der Waals surface area contributed by atoms with Crippen LogP contribution in [0.2, 0.25) is 0 Å². The van der Waals surface area contributed by atoms with E-state index in [2.05, 4.69) is 38.2 Å². The molecule has 15 heavy (non-hydrogen) atoms. The summed E-state index contributed by atoms with van der Waals surface area (Å²) in [5, 5.41) is 6.38. The van der Waals surface area contributed by atoms with Crippen LogP contribution in [0.4, 0.5) is 0 Å². The molecule has 5 heteroatoms. The van der Waals surface area contributed by atoms with E-state index in [4.69, 9.17) is 0 Å². The van der Waals surface area contributed by atoms with Crippen LogP contribution in [0, 0.1) is 15.4 Å². The van der Waals surface area contributed by atoms with Gasteiger partial charge in [-0.25, -0.2) is 0 Å². The van der Waals surface area contributed by atoms with Crippen molar-refractivity contribution in [3.63, 3.8) is 0 Å². The van der Waals surface area contributed by atoms with Crippen molar-refractivity contribution >= 4 is 28.5 Å². The van der Waals surface area contributed by atoms with E-state index >= 15 is 0 Å². The number of piperidine rings is 1. The summed E-state index contributed by atoms with van der Waals surface area (Å²) in [7, 11) is 0. The van der Waals surface area contributed by atoms with Crippen LogP contribution in [-0.2, 0) is 0 Å². The number of halogens is 1. The first-order valence-electron chi connectivity index (χ1n) is 5.11. The van der Waals surface area contributed by atoms with E-state index in [9.17, 15) is 4.79 Å². The molecule has 3 N–H and O–H groups in total. The Bertz CT molecular complexity index is 393. The number of amides is 1. The predicted molar refractivity (Wildman–Crippen MR) is 64.6 cm³/mol. The van der Waals surface area contributed by atoms with Gasteiger partial charge in [-0.05, 0) is 40.5 Å². The first-order chi connectivity index (χ1) is 7.25. The number of carbonyl (C=O) groups is 1. The summed E-state index contributed by atoms with van der Waals surface area (Å²) in [5.74, 6) is 1.36. The highest BCUT2D eigenvalue weighted by Gasteiger charge is 2.53. The summed E-state index contributed by atoms with van der Waals surface area (Å²) in [6.07, 6.45) is 1.84. The van der Waals surface area contributed by atoms with Crippen molar-refractivity contribution in [3.05, 3.63) is 21.5 Å². The number of nitrogens with one attached hydrogen (secondary N) is 3. The van der Waals surface area contributed by atoms with Gasteiger partial charge in [0.25, 0.3) is 5.91 Å². The third-order valence-corrected chi connectivity index (χ3v) is 3.90. The molecule has 80 valence electrons. The molecule has 1 aromatic heterocycles. The second kappa shape index (κ2) is 3.48. The molecule has 0 spiro atoms. The smallest absolute Gasteiger partial charge is 0.267 e. The van der Waals surface area contributed by atoms with Crippen molar-refractivity contribution in [2.75, 3.05) is 13.1 Å². The van der Waals surface area contributed by atoms with E-state index in [1.807, 2.05) is 12.3 Å². The lowest BCUT2D eigenvalue weighted by Gasteiger charge is -2.06. The van der Waals surface area contributed by atoms with Crippen molar-refractivity contribution in [2.45, 2.75) is 6.04 Å². The van der Waals surface area contributed by atoms with Crippen LogP contribution in [-0.4, -0.2) is 30.0 Å². The van der Waals surface area contributed by atoms with Crippen LogP contribution >= 0.6 is 22.6 Å². The van der Waals surface area contributed by atoms with Crippen molar-refractivity contribution in [2.24, 2.45) is 11.8 Å². The zero-order valence-electron chi connectivity index (χ0n) is 8.09. The van der Waals surface area contributed by atoms with Crippen LogP contribution in [0.15, 0.2) is 12.3 Å². The minimum Gasteiger partial charge on any atom is -0.356 e. The van der Waals surface area contributed by atoms with Crippen LogP contribution in [0.25, 0.3) is 0 Å². The number of aromatic nitrogens is 1. The molecule has 1 aromatic rings. The fraction of sp³-hybridized carbons (Fsp3) is 0.500. The molecule has 2 aliphatic rings. The average Bonchev–Trinajstić information content (AvgIpc) is 2.66. The molecule has 1 saturated heterocycles. The number of hydrogen-bond donors (Lipinski definition) is 3. The molecule has 2 fully saturated rings. The van der Waals surface area contributed by atoms with E-state index < -0.39 is 0 Å². The molecule has 1 aliphatic carbocycles. The Kier molecular flexibility index (Phi) is 2.24. The second-order valence-corrected chi connectivity index (χ2v) is 5.46. The number of H-pyrrole nitrogens is 1. The standard InChI is InChI=1S/C10H12IN3O/c11-5-1-8(13-2-5)10(15)14-9-6-3-12-4-7(6)9/h1-2,6-7,9,12-13H,3-4H2,(H,14,15). The maximum absolute atomic E-state index is 11.8. The SMILES string of the molecule is O=C(NC1C2CNCC21)c1cc(I)c[nH]1. The Labute approximate surface area is 101 Å². The van der Waals surface area contributed by atoms with Crippen molar-refractivity contribution < 1.29 is 4.79 Å². The summed E-state index contributed by atoms with van der Waals surface area (Å²) < 4.78 is 1.07. The molecule has 1 amide bonds. The number of fused-ring (bicyclic) bond motifs is 1. The molecule has 2 heterocycles. The monoisotopic (exact) mass is 317 g/mol. The van der Waals surface area contributed by atoms with Gasteiger partial charge in [-0.3, -0.25) is 4.79 Å². The molecular weight excluding hydrogens is 305 g/mol. The highest BCUT2D eigenvalue weighted by molar-refractivity contribution is 14.1. The molecule has 0 radical (unpaired) electrons. The van der Waals surface area contributed by atoms with Gasteiger partial charge in [-0.1, -0.05) is 0 Å². The Morgan fingerprint density at radius 1 is 1.47 bits per heavy atom. The quantitative estimate of drug-likeness (QED) is 0.699. The molecular formula is C10H12IN3O. The lowest BCUT2D eigenvalue weighted by molar-refractivity contribution is 0.0942. The summed E-state index contributed by atoms with van der Waals surface area (Å²) in [4.78, 5) is 14.7. The Hall–Kier alpha value is -0.560. The molecule has 4 nitrogen and oxygen atoms in total. The number of aromatic amines is 1. The molecule has 2 unspecified atom stereocenters. The maximum Gasteiger partial charge on any atom is 0.267 e. The van der Waals surface area contributed by atoms with E-state index in [1.54, 1.807) is 0 Å². The van der Waals surface area contributed by atoms with Crippen molar-refractivity contribution in [1.29, 1.82) is 0 Å². The topological polar surface area (TPSA) is 56.9 Å². The average molecular weight is 317 g/mol. The van der Waals surface area contributed by atoms with Gasteiger partial charge in [0, 0.05) is 28.9 Å². The van der Waals surface area contributed by atoms with Gasteiger partial charge in [0.15, 0.2) is 0 Å². The van der Waals surface area contributed by atoms with Gasteiger partial charge in [-0.2, -0.15) is 0 Å². The number of rotatable bonds is 2. The Balaban J connectivity index is 1.62. The Morgan fingerprint density at radius 3 is 2.80 bits per heavy atom. The molecule has 1 saturated carbocycles. The third kappa shape index (κ3) is 1.67. The summed E-state index contributed by atoms with van der Waals surface area (Å²) in [5.41, 5.74) is 0.664. The maximum atomic E-state index is 11.8. The van der Waals surface area contributed by atoms with Gasteiger partial charge in [0.2, 0.25) is 0 Å². The lowest BCUT2D eigenvalue weighted by Crippen LogP contribution is -2.32. The summed E-state index contributed by atoms with van der Waals surface area (Å²) in [6.45, 7) is 2.11. The van der Waals surface area contributed by atoms with E-state index in [-0.39, 0.29) is 5.91 Å². The zero-order chi connectivity index (χ0) is 10.4. The fourth-order valence-corrected chi connectivity index (χ4v) is 2.83. The van der Waals surface area contributed by atoms with Crippen LogP contribution < -0.4 is 10.6 Å². The lowest BCUT2D eigenvalue weighted by atomic mass is 10.3. The molecule has 0 aromatic carbocycles. The number of hydrogen-bond acceptors (Lipinski definition) is 2. The van der Waals surface area contributed by atoms with Crippen LogP contribution in [0.5, 0.6) is 0 Å². The first-order valence-corrected chi connectivity index (χ1v) is 6.19. The minimum absolute atomic E-state index is 0.0253. The van der Waals surface area contributed by atoms with Gasteiger partial charge in [0.05, 0.1) is 0 Å². The summed E-state index contributed by atoms with van der Waals surface area (Å²) in [6, 6.07) is 2.27. The van der Waals surface area contributed by atoms with Crippen LogP contribution in [0.3, 0.4) is 0 Å².